The molecule has 2 aromatic rings. The van der Waals surface area contributed by atoms with Crippen molar-refractivity contribution in [2.75, 3.05) is 11.6 Å². The SMILES string of the molecule is CS(=O)(=O)c1cccnc1NC1CC1c1ccccc1Br. The number of hydrogen-bond donors (Lipinski definition) is 1. The molecule has 110 valence electrons. The summed E-state index contributed by atoms with van der Waals surface area (Å²) < 4.78 is 24.6. The lowest BCUT2D eigenvalue weighted by Gasteiger charge is -2.10. The standard InChI is InChI=1S/C15H15BrN2O2S/c1-21(19,20)14-7-4-8-17-15(14)18-13-9-11(13)10-5-2-3-6-12(10)16/h2-8,11,13H,9H2,1H3,(H,17,18). The van der Waals surface area contributed by atoms with E-state index in [1.165, 1.54) is 11.8 Å². The highest BCUT2D eigenvalue weighted by Gasteiger charge is 2.40. The van der Waals surface area contributed by atoms with E-state index in [4.69, 9.17) is 0 Å². The Balaban J connectivity index is 1.80. The Morgan fingerprint density at radius 2 is 2.00 bits per heavy atom. The zero-order valence-corrected chi connectivity index (χ0v) is 13.9. The molecule has 1 fully saturated rings. The quantitative estimate of drug-likeness (QED) is 0.902. The fraction of sp³-hybridized carbons (Fsp3) is 0.267. The highest BCUT2D eigenvalue weighted by molar-refractivity contribution is 9.10. The fourth-order valence-corrected chi connectivity index (χ4v) is 3.82. The molecular formula is C15H15BrN2O2S. The van der Waals surface area contributed by atoms with Gasteiger partial charge in [-0.05, 0) is 30.2 Å². The van der Waals surface area contributed by atoms with Gasteiger partial charge in [0.05, 0.1) is 0 Å². The Morgan fingerprint density at radius 3 is 2.71 bits per heavy atom. The average molecular weight is 367 g/mol. The first-order valence-corrected chi connectivity index (χ1v) is 9.31. The molecule has 0 bridgehead atoms. The Hall–Kier alpha value is -1.40. The van der Waals surface area contributed by atoms with Gasteiger partial charge < -0.3 is 5.32 Å². The van der Waals surface area contributed by atoms with Gasteiger partial charge in [0, 0.05) is 28.9 Å². The van der Waals surface area contributed by atoms with E-state index in [9.17, 15) is 8.42 Å². The zero-order valence-electron chi connectivity index (χ0n) is 11.5. The van der Waals surface area contributed by atoms with E-state index in [0.29, 0.717) is 11.7 Å². The highest BCUT2D eigenvalue weighted by atomic mass is 79.9. The molecule has 2 unspecified atom stereocenters. The lowest BCUT2D eigenvalue weighted by atomic mass is 10.1. The molecule has 1 aromatic heterocycles. The third-order valence-electron chi connectivity index (χ3n) is 3.59. The maximum absolute atomic E-state index is 11.8. The molecule has 0 amide bonds. The number of pyridine rings is 1. The normalized spacial score (nSPS) is 21.0. The van der Waals surface area contributed by atoms with Crippen LogP contribution in [-0.2, 0) is 9.84 Å². The van der Waals surface area contributed by atoms with Crippen molar-refractivity contribution in [1.82, 2.24) is 4.98 Å². The van der Waals surface area contributed by atoms with Crippen molar-refractivity contribution >= 4 is 31.6 Å². The van der Waals surface area contributed by atoms with Gasteiger partial charge >= 0.3 is 0 Å². The molecule has 2 atom stereocenters. The molecule has 0 radical (unpaired) electrons. The van der Waals surface area contributed by atoms with Crippen molar-refractivity contribution in [1.29, 1.82) is 0 Å². The van der Waals surface area contributed by atoms with Gasteiger partial charge in [0.15, 0.2) is 9.84 Å². The van der Waals surface area contributed by atoms with E-state index in [-0.39, 0.29) is 10.9 Å². The summed E-state index contributed by atoms with van der Waals surface area (Å²) in [4.78, 5) is 4.43. The lowest BCUT2D eigenvalue weighted by molar-refractivity contribution is 0.601. The second-order valence-corrected chi connectivity index (χ2v) is 8.08. The molecule has 1 N–H and O–H groups in total. The van der Waals surface area contributed by atoms with Crippen LogP contribution in [0.2, 0.25) is 0 Å². The van der Waals surface area contributed by atoms with Gasteiger partial charge in [-0.2, -0.15) is 0 Å². The Bertz CT molecular complexity index is 777. The van der Waals surface area contributed by atoms with Crippen LogP contribution >= 0.6 is 15.9 Å². The Labute approximate surface area is 132 Å². The minimum absolute atomic E-state index is 0.221. The van der Waals surface area contributed by atoms with Crippen molar-refractivity contribution in [3.8, 4) is 0 Å². The van der Waals surface area contributed by atoms with Crippen LogP contribution in [0.4, 0.5) is 5.82 Å². The van der Waals surface area contributed by atoms with E-state index in [0.717, 1.165) is 10.9 Å². The lowest BCUT2D eigenvalue weighted by Crippen LogP contribution is -2.10. The molecule has 21 heavy (non-hydrogen) atoms. The molecular weight excluding hydrogens is 352 g/mol. The van der Waals surface area contributed by atoms with E-state index >= 15 is 0 Å². The van der Waals surface area contributed by atoms with E-state index in [1.807, 2.05) is 18.2 Å². The second kappa shape index (κ2) is 5.42. The van der Waals surface area contributed by atoms with Crippen LogP contribution in [0.15, 0.2) is 52.0 Å². The molecule has 0 spiro atoms. The Morgan fingerprint density at radius 1 is 1.24 bits per heavy atom. The molecule has 1 heterocycles. The summed E-state index contributed by atoms with van der Waals surface area (Å²) >= 11 is 3.56. The minimum atomic E-state index is -3.28. The Kier molecular flexibility index (Phi) is 3.75. The molecule has 0 saturated heterocycles. The van der Waals surface area contributed by atoms with Gasteiger partial charge in [-0.1, -0.05) is 34.1 Å². The van der Waals surface area contributed by atoms with Crippen LogP contribution in [0.25, 0.3) is 0 Å². The molecule has 4 nitrogen and oxygen atoms in total. The molecule has 1 aliphatic carbocycles. The van der Waals surface area contributed by atoms with Crippen molar-refractivity contribution in [3.63, 3.8) is 0 Å². The summed E-state index contributed by atoms with van der Waals surface area (Å²) in [5, 5.41) is 3.26. The summed E-state index contributed by atoms with van der Waals surface area (Å²) in [5.74, 6) is 0.828. The van der Waals surface area contributed by atoms with E-state index in [2.05, 4.69) is 32.3 Å². The van der Waals surface area contributed by atoms with Crippen LogP contribution in [0.1, 0.15) is 17.9 Å². The topological polar surface area (TPSA) is 59.1 Å². The molecule has 0 aliphatic heterocycles. The molecule has 1 saturated carbocycles. The number of hydrogen-bond acceptors (Lipinski definition) is 4. The molecule has 1 aromatic carbocycles. The van der Waals surface area contributed by atoms with Gasteiger partial charge in [-0.3, -0.25) is 0 Å². The monoisotopic (exact) mass is 366 g/mol. The van der Waals surface area contributed by atoms with Crippen LogP contribution in [0.3, 0.4) is 0 Å². The van der Waals surface area contributed by atoms with Gasteiger partial charge in [0.1, 0.15) is 10.7 Å². The number of aromatic nitrogens is 1. The smallest absolute Gasteiger partial charge is 0.179 e. The van der Waals surface area contributed by atoms with Gasteiger partial charge in [0.25, 0.3) is 0 Å². The predicted molar refractivity (Wildman–Crippen MR) is 86.3 cm³/mol. The largest absolute Gasteiger partial charge is 0.366 e. The molecule has 6 heteroatoms. The number of nitrogens with one attached hydrogen (secondary N) is 1. The van der Waals surface area contributed by atoms with Crippen LogP contribution in [0.5, 0.6) is 0 Å². The number of sulfone groups is 1. The molecule has 1 aliphatic rings. The van der Waals surface area contributed by atoms with Gasteiger partial charge in [0.2, 0.25) is 0 Å². The maximum Gasteiger partial charge on any atom is 0.179 e. The third kappa shape index (κ3) is 3.11. The zero-order chi connectivity index (χ0) is 15.0. The summed E-state index contributed by atoms with van der Waals surface area (Å²) in [6.45, 7) is 0. The van der Waals surface area contributed by atoms with E-state index in [1.54, 1.807) is 18.3 Å². The number of benzene rings is 1. The van der Waals surface area contributed by atoms with E-state index < -0.39 is 9.84 Å². The summed E-state index contributed by atoms with van der Waals surface area (Å²) in [6, 6.07) is 11.6. The fourth-order valence-electron chi connectivity index (χ4n) is 2.45. The number of nitrogens with zero attached hydrogens (tertiary/aromatic N) is 1. The van der Waals surface area contributed by atoms with Crippen molar-refractivity contribution in [2.45, 2.75) is 23.3 Å². The number of rotatable bonds is 4. The highest BCUT2D eigenvalue weighted by Crippen LogP contribution is 2.45. The second-order valence-electron chi connectivity index (χ2n) is 5.24. The van der Waals surface area contributed by atoms with Crippen LogP contribution in [0, 0.1) is 0 Å². The number of anilines is 1. The third-order valence-corrected chi connectivity index (χ3v) is 5.44. The first-order chi connectivity index (χ1) is 9.97. The first kappa shape index (κ1) is 14.5. The van der Waals surface area contributed by atoms with Gasteiger partial charge in [-0.15, -0.1) is 0 Å². The maximum atomic E-state index is 11.8. The predicted octanol–water partition coefficient (Wildman–Crippen LogP) is 3.22. The summed E-state index contributed by atoms with van der Waals surface area (Å²) in [6.07, 6.45) is 3.78. The van der Waals surface area contributed by atoms with Crippen molar-refractivity contribution < 1.29 is 8.42 Å². The van der Waals surface area contributed by atoms with Gasteiger partial charge in [-0.25, -0.2) is 13.4 Å². The summed E-state index contributed by atoms with van der Waals surface area (Å²) in [7, 11) is -3.28. The first-order valence-electron chi connectivity index (χ1n) is 6.63. The number of halogens is 1. The van der Waals surface area contributed by atoms with Crippen molar-refractivity contribution in [3.05, 3.63) is 52.6 Å². The minimum Gasteiger partial charge on any atom is -0.366 e. The van der Waals surface area contributed by atoms with Crippen LogP contribution < -0.4 is 5.32 Å². The molecule has 3 rings (SSSR count). The average Bonchev–Trinajstić information content (AvgIpc) is 3.18. The van der Waals surface area contributed by atoms with Crippen LogP contribution in [-0.4, -0.2) is 25.7 Å². The van der Waals surface area contributed by atoms with Crippen molar-refractivity contribution in [2.24, 2.45) is 0 Å². The summed E-state index contributed by atoms with van der Waals surface area (Å²) in [5.41, 5.74) is 1.24.